The summed E-state index contributed by atoms with van der Waals surface area (Å²) in [6, 6.07) is 12.4. The number of aromatic nitrogens is 2. The van der Waals surface area contributed by atoms with Crippen LogP contribution in [0, 0.1) is 5.82 Å². The first-order chi connectivity index (χ1) is 10.2. The van der Waals surface area contributed by atoms with Crippen molar-refractivity contribution in [3.05, 3.63) is 69.9 Å². The number of rotatable bonds is 4. The first-order valence-corrected chi connectivity index (χ1v) is 6.79. The van der Waals surface area contributed by atoms with Crippen LogP contribution in [-0.4, -0.2) is 17.0 Å². The molecule has 0 bridgehead atoms. The number of imidazole rings is 1. The topological polar surface area (TPSA) is 60.7 Å². The normalized spacial score (nSPS) is 12.7. The number of hydrogen-bond acceptors (Lipinski definition) is 2. The molecule has 0 fully saturated rings. The third kappa shape index (κ3) is 2.87. The zero-order valence-corrected chi connectivity index (χ0v) is 11.6. The van der Waals surface area contributed by atoms with E-state index >= 15 is 0 Å². The average Bonchev–Trinajstić information content (AvgIpc) is 2.85. The summed E-state index contributed by atoms with van der Waals surface area (Å²) in [6.07, 6.45) is 0.747. The van der Waals surface area contributed by atoms with Crippen molar-refractivity contribution in [1.82, 2.24) is 15.3 Å². The molecule has 4 nitrogen and oxygen atoms in total. The minimum Gasteiger partial charge on any atom is -0.313 e. The summed E-state index contributed by atoms with van der Waals surface area (Å²) in [6.45, 7) is 0. The lowest BCUT2D eigenvalue weighted by Gasteiger charge is -2.17. The van der Waals surface area contributed by atoms with E-state index in [2.05, 4.69) is 15.3 Å². The van der Waals surface area contributed by atoms with Crippen LogP contribution in [-0.2, 0) is 6.42 Å². The first-order valence-electron chi connectivity index (χ1n) is 6.79. The van der Waals surface area contributed by atoms with Crippen LogP contribution in [0.3, 0.4) is 0 Å². The zero-order chi connectivity index (χ0) is 14.8. The predicted molar refractivity (Wildman–Crippen MR) is 80.8 cm³/mol. The Morgan fingerprint density at radius 2 is 1.81 bits per heavy atom. The minimum absolute atomic E-state index is 0.0956. The van der Waals surface area contributed by atoms with Gasteiger partial charge in [-0.15, -0.1) is 0 Å². The molecule has 5 heteroatoms. The molecule has 1 unspecified atom stereocenters. The highest BCUT2D eigenvalue weighted by Gasteiger charge is 2.11. The Morgan fingerprint density at radius 1 is 1.10 bits per heavy atom. The van der Waals surface area contributed by atoms with E-state index in [1.807, 2.05) is 25.2 Å². The standard InChI is InChI=1S/C16H16FN3O/c1-18-14(8-10-2-5-12(17)6-3-10)11-4-7-13-15(9-11)20-16(21)19-13/h2-7,9,14,18H,8H2,1H3,(H2,19,20,21). The summed E-state index contributed by atoms with van der Waals surface area (Å²) in [7, 11) is 1.89. The van der Waals surface area contributed by atoms with Gasteiger partial charge >= 0.3 is 5.69 Å². The van der Waals surface area contributed by atoms with E-state index in [9.17, 15) is 9.18 Å². The molecular formula is C16H16FN3O. The highest BCUT2D eigenvalue weighted by Crippen LogP contribution is 2.21. The average molecular weight is 285 g/mol. The summed E-state index contributed by atoms with van der Waals surface area (Å²) >= 11 is 0. The van der Waals surface area contributed by atoms with Gasteiger partial charge in [-0.1, -0.05) is 18.2 Å². The van der Waals surface area contributed by atoms with Crippen LogP contribution >= 0.6 is 0 Å². The van der Waals surface area contributed by atoms with E-state index < -0.39 is 0 Å². The Balaban J connectivity index is 1.89. The van der Waals surface area contributed by atoms with Crippen LogP contribution in [0.25, 0.3) is 11.0 Å². The third-order valence-corrected chi connectivity index (χ3v) is 3.64. The molecule has 3 N–H and O–H groups in total. The van der Waals surface area contributed by atoms with Crippen LogP contribution in [0.15, 0.2) is 47.3 Å². The summed E-state index contributed by atoms with van der Waals surface area (Å²) in [5, 5.41) is 3.26. The maximum atomic E-state index is 13.0. The van der Waals surface area contributed by atoms with E-state index in [0.717, 1.165) is 28.6 Å². The van der Waals surface area contributed by atoms with Gasteiger partial charge in [0.05, 0.1) is 11.0 Å². The molecule has 0 aliphatic rings. The van der Waals surface area contributed by atoms with E-state index in [0.29, 0.717) is 0 Å². The van der Waals surface area contributed by atoms with Crippen molar-refractivity contribution in [2.45, 2.75) is 12.5 Å². The number of hydrogen-bond donors (Lipinski definition) is 3. The lowest BCUT2D eigenvalue weighted by atomic mass is 9.98. The number of fused-ring (bicyclic) bond motifs is 1. The van der Waals surface area contributed by atoms with Crippen LogP contribution in [0.5, 0.6) is 0 Å². The number of halogens is 1. The van der Waals surface area contributed by atoms with Gasteiger partial charge in [-0.2, -0.15) is 0 Å². The van der Waals surface area contributed by atoms with Crippen molar-refractivity contribution in [3.63, 3.8) is 0 Å². The highest BCUT2D eigenvalue weighted by molar-refractivity contribution is 5.75. The molecule has 3 aromatic rings. The Bertz CT molecular complexity index is 804. The minimum atomic E-state index is -0.230. The fourth-order valence-electron chi connectivity index (χ4n) is 2.51. The number of H-pyrrole nitrogens is 2. The molecule has 0 saturated heterocycles. The number of aromatic amines is 2. The Kier molecular flexibility index (Phi) is 3.58. The molecule has 0 aliphatic carbocycles. The van der Waals surface area contributed by atoms with E-state index in [4.69, 9.17) is 0 Å². The highest BCUT2D eigenvalue weighted by atomic mass is 19.1. The monoisotopic (exact) mass is 285 g/mol. The summed E-state index contributed by atoms with van der Waals surface area (Å²) in [4.78, 5) is 16.8. The smallest absolute Gasteiger partial charge is 0.313 e. The molecule has 21 heavy (non-hydrogen) atoms. The van der Waals surface area contributed by atoms with Crippen LogP contribution in [0.4, 0.5) is 4.39 Å². The van der Waals surface area contributed by atoms with Gasteiger partial charge in [-0.05, 0) is 48.9 Å². The fraction of sp³-hybridized carbons (Fsp3) is 0.188. The molecule has 0 amide bonds. The number of nitrogens with one attached hydrogen (secondary N) is 3. The van der Waals surface area contributed by atoms with Gasteiger partial charge in [0.25, 0.3) is 0 Å². The van der Waals surface area contributed by atoms with Crippen molar-refractivity contribution >= 4 is 11.0 Å². The zero-order valence-electron chi connectivity index (χ0n) is 11.6. The van der Waals surface area contributed by atoms with Gasteiger partial charge in [0, 0.05) is 6.04 Å². The van der Waals surface area contributed by atoms with E-state index in [-0.39, 0.29) is 17.5 Å². The van der Waals surface area contributed by atoms with Crippen LogP contribution in [0.1, 0.15) is 17.2 Å². The molecular weight excluding hydrogens is 269 g/mol. The van der Waals surface area contributed by atoms with E-state index in [1.165, 1.54) is 12.1 Å². The Labute approximate surface area is 121 Å². The molecule has 3 rings (SSSR count). The molecule has 0 saturated carbocycles. The van der Waals surface area contributed by atoms with Crippen molar-refractivity contribution in [3.8, 4) is 0 Å². The van der Waals surface area contributed by atoms with Gasteiger partial charge < -0.3 is 15.3 Å². The molecule has 1 aromatic heterocycles. The van der Waals surface area contributed by atoms with Gasteiger partial charge in [0.2, 0.25) is 0 Å². The van der Waals surface area contributed by atoms with Crippen molar-refractivity contribution in [1.29, 1.82) is 0 Å². The molecule has 0 spiro atoms. The lowest BCUT2D eigenvalue weighted by molar-refractivity contribution is 0.589. The Morgan fingerprint density at radius 3 is 2.52 bits per heavy atom. The summed E-state index contributed by atoms with van der Waals surface area (Å²) < 4.78 is 13.0. The molecule has 108 valence electrons. The second kappa shape index (κ2) is 5.54. The maximum absolute atomic E-state index is 13.0. The van der Waals surface area contributed by atoms with Crippen molar-refractivity contribution in [2.75, 3.05) is 7.05 Å². The largest absolute Gasteiger partial charge is 0.323 e. The molecule has 0 aliphatic heterocycles. The van der Waals surface area contributed by atoms with Gasteiger partial charge in [0.1, 0.15) is 5.82 Å². The maximum Gasteiger partial charge on any atom is 0.323 e. The van der Waals surface area contributed by atoms with Gasteiger partial charge in [-0.3, -0.25) is 0 Å². The second-order valence-electron chi connectivity index (χ2n) is 5.06. The molecule has 1 atom stereocenters. The Hall–Kier alpha value is -2.40. The molecule has 2 aromatic carbocycles. The van der Waals surface area contributed by atoms with Crippen LogP contribution in [0.2, 0.25) is 0 Å². The molecule has 1 heterocycles. The van der Waals surface area contributed by atoms with Crippen LogP contribution < -0.4 is 11.0 Å². The number of likely N-dealkylation sites (N-methyl/N-ethyl adjacent to an activating group) is 1. The van der Waals surface area contributed by atoms with Gasteiger partial charge in [0.15, 0.2) is 0 Å². The van der Waals surface area contributed by atoms with E-state index in [1.54, 1.807) is 12.1 Å². The summed E-state index contributed by atoms with van der Waals surface area (Å²) in [5.41, 5.74) is 3.50. The quantitative estimate of drug-likeness (QED) is 0.689. The van der Waals surface area contributed by atoms with Crippen molar-refractivity contribution in [2.24, 2.45) is 0 Å². The SMILES string of the molecule is CNC(Cc1ccc(F)cc1)c1ccc2[nH]c(=O)[nH]c2c1. The lowest BCUT2D eigenvalue weighted by Crippen LogP contribution is -2.18. The third-order valence-electron chi connectivity index (χ3n) is 3.64. The number of benzene rings is 2. The summed E-state index contributed by atoms with van der Waals surface area (Å²) in [5.74, 6) is -0.230. The second-order valence-corrected chi connectivity index (χ2v) is 5.06. The first kappa shape index (κ1) is 13.6. The van der Waals surface area contributed by atoms with Crippen molar-refractivity contribution < 1.29 is 4.39 Å². The van der Waals surface area contributed by atoms with Gasteiger partial charge in [-0.25, -0.2) is 9.18 Å². The molecule has 0 radical (unpaired) electrons. The predicted octanol–water partition coefficient (Wildman–Crippen LogP) is 2.50. The fourth-order valence-corrected chi connectivity index (χ4v) is 2.51.